The van der Waals surface area contributed by atoms with Crippen LogP contribution < -0.4 is 10.6 Å². The van der Waals surface area contributed by atoms with Crippen LogP contribution in [0, 0.1) is 13.8 Å². The van der Waals surface area contributed by atoms with Crippen molar-refractivity contribution in [3.63, 3.8) is 0 Å². The third kappa shape index (κ3) is 2.96. The van der Waals surface area contributed by atoms with Gasteiger partial charge in [-0.2, -0.15) is 0 Å². The molecule has 0 spiro atoms. The van der Waals surface area contributed by atoms with Crippen LogP contribution in [0.4, 0.5) is 5.69 Å². The van der Waals surface area contributed by atoms with E-state index in [2.05, 4.69) is 36.9 Å². The molecular formula is C16H25N3O. The number of benzene rings is 1. The highest BCUT2D eigenvalue weighted by molar-refractivity contribution is 5.85. The lowest BCUT2D eigenvalue weighted by Crippen LogP contribution is -2.57. The zero-order chi connectivity index (χ0) is 14.9. The molecular weight excluding hydrogens is 250 g/mol. The van der Waals surface area contributed by atoms with Gasteiger partial charge in [0.15, 0.2) is 0 Å². The van der Waals surface area contributed by atoms with Crippen LogP contribution in [0.25, 0.3) is 0 Å². The minimum Gasteiger partial charge on any atom is -0.368 e. The molecule has 2 rings (SSSR count). The molecule has 4 heteroatoms. The highest BCUT2D eigenvalue weighted by atomic mass is 16.2. The second kappa shape index (κ2) is 5.44. The maximum atomic E-state index is 12.2. The zero-order valence-electron chi connectivity index (χ0n) is 12.9. The third-order valence-corrected chi connectivity index (χ3v) is 4.03. The molecule has 1 fully saturated rings. The minimum absolute atomic E-state index is 0.0399. The molecule has 1 aliphatic heterocycles. The van der Waals surface area contributed by atoms with Gasteiger partial charge in [0, 0.05) is 31.9 Å². The Bertz CT molecular complexity index is 497. The van der Waals surface area contributed by atoms with Crippen LogP contribution in [0.3, 0.4) is 0 Å². The monoisotopic (exact) mass is 275 g/mol. The number of hydrogen-bond donors (Lipinski definition) is 1. The summed E-state index contributed by atoms with van der Waals surface area (Å²) in [6.07, 6.45) is 0. The number of hydrogen-bond acceptors (Lipinski definition) is 3. The molecule has 0 aromatic heterocycles. The number of piperazine rings is 1. The van der Waals surface area contributed by atoms with E-state index in [1.165, 1.54) is 16.8 Å². The number of anilines is 1. The summed E-state index contributed by atoms with van der Waals surface area (Å²) in [4.78, 5) is 16.4. The molecule has 110 valence electrons. The summed E-state index contributed by atoms with van der Waals surface area (Å²) in [7, 11) is 0. The van der Waals surface area contributed by atoms with Gasteiger partial charge < -0.3 is 15.5 Å². The Kier molecular flexibility index (Phi) is 4.04. The Balaban J connectivity index is 2.05. The molecule has 1 aromatic rings. The Hall–Kier alpha value is -1.55. The van der Waals surface area contributed by atoms with Crippen molar-refractivity contribution in [1.82, 2.24) is 4.90 Å². The average molecular weight is 275 g/mol. The quantitative estimate of drug-likeness (QED) is 0.893. The van der Waals surface area contributed by atoms with Crippen molar-refractivity contribution in [2.45, 2.75) is 33.2 Å². The maximum Gasteiger partial charge on any atom is 0.242 e. The summed E-state index contributed by atoms with van der Waals surface area (Å²) in [6.45, 7) is 11.1. The van der Waals surface area contributed by atoms with Crippen LogP contribution in [-0.2, 0) is 4.79 Å². The second-order valence-corrected chi connectivity index (χ2v) is 6.22. The largest absolute Gasteiger partial charge is 0.368 e. The summed E-state index contributed by atoms with van der Waals surface area (Å²) >= 11 is 0. The predicted molar refractivity (Wildman–Crippen MR) is 83.0 cm³/mol. The predicted octanol–water partition coefficient (Wildman–Crippen LogP) is 1.69. The fraction of sp³-hybridized carbons (Fsp3) is 0.562. The molecule has 0 atom stereocenters. The first-order chi connectivity index (χ1) is 9.30. The van der Waals surface area contributed by atoms with Crippen molar-refractivity contribution in [3.8, 4) is 0 Å². The lowest BCUT2D eigenvalue weighted by atomic mass is 10.0. The van der Waals surface area contributed by atoms with Crippen LogP contribution in [0.5, 0.6) is 0 Å². The number of carbonyl (C=O) groups is 1. The molecule has 1 aromatic carbocycles. The van der Waals surface area contributed by atoms with E-state index < -0.39 is 5.54 Å². The molecule has 1 amide bonds. The van der Waals surface area contributed by atoms with Gasteiger partial charge in [-0.1, -0.05) is 12.1 Å². The van der Waals surface area contributed by atoms with Gasteiger partial charge in [-0.15, -0.1) is 0 Å². The Morgan fingerprint density at radius 1 is 1.15 bits per heavy atom. The SMILES string of the molecule is Cc1cccc(N2CCN(C(=O)C(C)(C)N)CC2)c1C. The first-order valence-electron chi connectivity index (χ1n) is 7.20. The van der Waals surface area contributed by atoms with Crippen LogP contribution in [0.2, 0.25) is 0 Å². The van der Waals surface area contributed by atoms with Gasteiger partial charge in [0.25, 0.3) is 0 Å². The van der Waals surface area contributed by atoms with E-state index in [4.69, 9.17) is 5.73 Å². The topological polar surface area (TPSA) is 49.6 Å². The Morgan fingerprint density at radius 3 is 2.30 bits per heavy atom. The Morgan fingerprint density at radius 2 is 1.75 bits per heavy atom. The van der Waals surface area contributed by atoms with E-state index in [9.17, 15) is 4.79 Å². The number of nitrogens with two attached hydrogens (primary N) is 1. The molecule has 0 aliphatic carbocycles. The number of carbonyl (C=O) groups excluding carboxylic acids is 1. The summed E-state index contributed by atoms with van der Waals surface area (Å²) in [5.41, 5.74) is 9.03. The van der Waals surface area contributed by atoms with Gasteiger partial charge in [0.2, 0.25) is 5.91 Å². The molecule has 20 heavy (non-hydrogen) atoms. The van der Waals surface area contributed by atoms with Gasteiger partial charge >= 0.3 is 0 Å². The second-order valence-electron chi connectivity index (χ2n) is 6.22. The molecule has 0 saturated carbocycles. The van der Waals surface area contributed by atoms with Crippen molar-refractivity contribution in [3.05, 3.63) is 29.3 Å². The first kappa shape index (κ1) is 14.9. The summed E-state index contributed by atoms with van der Waals surface area (Å²) in [5, 5.41) is 0. The van der Waals surface area contributed by atoms with E-state index >= 15 is 0 Å². The van der Waals surface area contributed by atoms with E-state index in [0.29, 0.717) is 0 Å². The molecule has 1 aliphatic rings. The number of nitrogens with zero attached hydrogens (tertiary/aromatic N) is 2. The van der Waals surface area contributed by atoms with Crippen molar-refractivity contribution >= 4 is 11.6 Å². The van der Waals surface area contributed by atoms with Crippen LogP contribution in [-0.4, -0.2) is 42.5 Å². The number of amides is 1. The van der Waals surface area contributed by atoms with E-state index in [-0.39, 0.29) is 5.91 Å². The minimum atomic E-state index is -0.776. The van der Waals surface area contributed by atoms with Crippen molar-refractivity contribution in [1.29, 1.82) is 0 Å². The van der Waals surface area contributed by atoms with Crippen molar-refractivity contribution in [2.75, 3.05) is 31.1 Å². The molecule has 1 saturated heterocycles. The van der Waals surface area contributed by atoms with E-state index in [0.717, 1.165) is 26.2 Å². The van der Waals surface area contributed by atoms with Gasteiger partial charge in [-0.3, -0.25) is 4.79 Å². The van der Waals surface area contributed by atoms with Crippen molar-refractivity contribution < 1.29 is 4.79 Å². The van der Waals surface area contributed by atoms with Crippen LogP contribution >= 0.6 is 0 Å². The van der Waals surface area contributed by atoms with Gasteiger partial charge in [-0.25, -0.2) is 0 Å². The zero-order valence-corrected chi connectivity index (χ0v) is 12.9. The standard InChI is InChI=1S/C16H25N3O/c1-12-6-5-7-14(13(12)2)18-8-10-19(11-9-18)15(20)16(3,4)17/h5-7H,8-11,17H2,1-4H3. The average Bonchev–Trinajstić information content (AvgIpc) is 2.40. The van der Waals surface area contributed by atoms with Crippen molar-refractivity contribution in [2.24, 2.45) is 5.73 Å². The Labute approximate surface area is 121 Å². The van der Waals surface area contributed by atoms with Crippen LogP contribution in [0.1, 0.15) is 25.0 Å². The summed E-state index contributed by atoms with van der Waals surface area (Å²) < 4.78 is 0. The molecule has 4 nitrogen and oxygen atoms in total. The fourth-order valence-electron chi connectivity index (χ4n) is 2.64. The highest BCUT2D eigenvalue weighted by Crippen LogP contribution is 2.24. The lowest BCUT2D eigenvalue weighted by Gasteiger charge is -2.39. The highest BCUT2D eigenvalue weighted by Gasteiger charge is 2.30. The molecule has 0 bridgehead atoms. The molecule has 2 N–H and O–H groups in total. The van der Waals surface area contributed by atoms with E-state index in [1.807, 2.05) is 4.90 Å². The third-order valence-electron chi connectivity index (χ3n) is 4.03. The fourth-order valence-corrected chi connectivity index (χ4v) is 2.64. The molecule has 0 unspecified atom stereocenters. The maximum absolute atomic E-state index is 12.2. The van der Waals surface area contributed by atoms with Gasteiger partial charge in [0.1, 0.15) is 0 Å². The number of rotatable bonds is 2. The van der Waals surface area contributed by atoms with E-state index in [1.54, 1.807) is 13.8 Å². The smallest absolute Gasteiger partial charge is 0.242 e. The molecule has 1 heterocycles. The normalized spacial score (nSPS) is 16.4. The lowest BCUT2D eigenvalue weighted by molar-refractivity contribution is -0.136. The van der Waals surface area contributed by atoms with Gasteiger partial charge in [0.05, 0.1) is 5.54 Å². The summed E-state index contributed by atoms with van der Waals surface area (Å²) in [6, 6.07) is 6.39. The summed E-state index contributed by atoms with van der Waals surface area (Å²) in [5.74, 6) is 0.0399. The number of aryl methyl sites for hydroxylation is 1. The van der Waals surface area contributed by atoms with Crippen LogP contribution in [0.15, 0.2) is 18.2 Å². The first-order valence-corrected chi connectivity index (χ1v) is 7.20. The van der Waals surface area contributed by atoms with Gasteiger partial charge in [-0.05, 0) is 44.9 Å². The molecule has 0 radical (unpaired) electrons.